The largest absolute Gasteiger partial charge is 0.490 e. The van der Waals surface area contributed by atoms with Crippen LogP contribution in [0, 0.1) is 5.92 Å². The van der Waals surface area contributed by atoms with E-state index < -0.39 is 0 Å². The van der Waals surface area contributed by atoms with Gasteiger partial charge in [0.15, 0.2) is 11.6 Å². The number of anilines is 1. The fourth-order valence-electron chi connectivity index (χ4n) is 3.15. The Bertz CT molecular complexity index is 874. The van der Waals surface area contributed by atoms with E-state index in [1.165, 1.54) is 0 Å². The number of primary amides is 1. The zero-order valence-corrected chi connectivity index (χ0v) is 15.4. The Hall–Kier alpha value is -2.55. The predicted octanol–water partition coefficient (Wildman–Crippen LogP) is 2.01. The molecule has 2 aliphatic heterocycles. The Kier molecular flexibility index (Phi) is 4.10. The Morgan fingerprint density at radius 1 is 1.50 bits per heavy atom. The van der Waals surface area contributed by atoms with Crippen LogP contribution in [-0.2, 0) is 22.5 Å². The van der Waals surface area contributed by atoms with Crippen LogP contribution in [0.2, 0.25) is 0 Å². The van der Waals surface area contributed by atoms with Crippen LogP contribution in [0.25, 0.3) is 10.7 Å². The van der Waals surface area contributed by atoms with Crippen LogP contribution in [0.3, 0.4) is 0 Å². The number of amides is 2. The molecule has 4 rings (SSSR count). The minimum Gasteiger partial charge on any atom is -0.490 e. The summed E-state index contributed by atoms with van der Waals surface area (Å²) in [7, 11) is 0. The smallest absolute Gasteiger partial charge is 0.415 e. The molecule has 0 bridgehead atoms. The van der Waals surface area contributed by atoms with Crippen molar-refractivity contribution in [2.24, 2.45) is 11.7 Å². The summed E-state index contributed by atoms with van der Waals surface area (Å²) in [6, 6.07) is 1.91. The first kappa shape index (κ1) is 16.9. The van der Waals surface area contributed by atoms with Crippen molar-refractivity contribution < 1.29 is 19.1 Å². The monoisotopic (exact) mass is 376 g/mol. The van der Waals surface area contributed by atoms with Crippen molar-refractivity contribution in [2.75, 3.05) is 18.1 Å². The Labute approximate surface area is 154 Å². The average molecular weight is 376 g/mol. The van der Waals surface area contributed by atoms with Gasteiger partial charge in [-0.25, -0.2) is 9.78 Å². The summed E-state index contributed by atoms with van der Waals surface area (Å²) < 4.78 is 12.9. The molecule has 2 aromatic heterocycles. The lowest BCUT2D eigenvalue weighted by Crippen LogP contribution is -2.31. The minimum atomic E-state index is -0.371. The zero-order chi connectivity index (χ0) is 18.4. The highest BCUT2D eigenvalue weighted by atomic mass is 32.1. The van der Waals surface area contributed by atoms with Crippen molar-refractivity contribution in [1.29, 1.82) is 0 Å². The molecule has 0 aromatic carbocycles. The lowest BCUT2D eigenvalue weighted by atomic mass is 10.1. The Morgan fingerprint density at radius 2 is 2.31 bits per heavy atom. The molecule has 0 aliphatic carbocycles. The number of aromatic nitrogens is 2. The molecule has 0 unspecified atom stereocenters. The SMILES string of the molecule is C[C@H](Cc1cc2c(s1)-c1nc(N3C(=O)OC[C@H]3C)cn1CCO2)C(N)=O. The fourth-order valence-corrected chi connectivity index (χ4v) is 4.38. The average Bonchev–Trinajstić information content (AvgIpc) is 3.23. The van der Waals surface area contributed by atoms with Crippen molar-refractivity contribution in [3.63, 3.8) is 0 Å². The summed E-state index contributed by atoms with van der Waals surface area (Å²) in [6.07, 6.45) is 2.06. The van der Waals surface area contributed by atoms with Crippen LogP contribution < -0.4 is 15.4 Å². The lowest BCUT2D eigenvalue weighted by Gasteiger charge is -2.14. The zero-order valence-electron chi connectivity index (χ0n) is 14.6. The van der Waals surface area contributed by atoms with E-state index in [0.29, 0.717) is 32.0 Å². The van der Waals surface area contributed by atoms with Gasteiger partial charge in [0.1, 0.15) is 23.8 Å². The first-order valence-corrected chi connectivity index (χ1v) is 9.34. The summed E-state index contributed by atoms with van der Waals surface area (Å²) in [4.78, 5) is 31.5. The molecule has 2 amide bonds. The predicted molar refractivity (Wildman–Crippen MR) is 96.4 cm³/mol. The van der Waals surface area contributed by atoms with E-state index in [1.54, 1.807) is 16.2 Å². The second-order valence-electron chi connectivity index (χ2n) is 6.67. The topological polar surface area (TPSA) is 99.7 Å². The molecule has 0 spiro atoms. The van der Waals surface area contributed by atoms with Crippen molar-refractivity contribution in [3.8, 4) is 16.5 Å². The molecule has 2 atom stereocenters. The second kappa shape index (κ2) is 6.31. The normalized spacial score (nSPS) is 20.0. The third kappa shape index (κ3) is 2.82. The number of ether oxygens (including phenoxy) is 2. The number of thiophene rings is 1. The van der Waals surface area contributed by atoms with Gasteiger partial charge in [-0.05, 0) is 19.4 Å². The van der Waals surface area contributed by atoms with Gasteiger partial charge in [-0.1, -0.05) is 6.92 Å². The van der Waals surface area contributed by atoms with E-state index in [0.717, 1.165) is 21.3 Å². The van der Waals surface area contributed by atoms with Crippen LogP contribution in [0.5, 0.6) is 5.75 Å². The maximum atomic E-state index is 12.0. The van der Waals surface area contributed by atoms with Gasteiger partial charge in [-0.15, -0.1) is 11.3 Å². The maximum absolute atomic E-state index is 12.0. The van der Waals surface area contributed by atoms with Crippen LogP contribution in [0.1, 0.15) is 18.7 Å². The summed E-state index contributed by atoms with van der Waals surface area (Å²) in [6.45, 7) is 5.26. The molecule has 8 nitrogen and oxygen atoms in total. The van der Waals surface area contributed by atoms with Gasteiger partial charge in [0, 0.05) is 17.0 Å². The molecule has 9 heteroatoms. The number of carbonyl (C=O) groups excluding carboxylic acids is 2. The van der Waals surface area contributed by atoms with Crippen LogP contribution >= 0.6 is 11.3 Å². The number of cyclic esters (lactones) is 1. The second-order valence-corrected chi connectivity index (χ2v) is 7.81. The first-order chi connectivity index (χ1) is 12.4. The first-order valence-electron chi connectivity index (χ1n) is 8.52. The Morgan fingerprint density at radius 3 is 3.00 bits per heavy atom. The summed E-state index contributed by atoms with van der Waals surface area (Å²) in [5, 5.41) is 0. The van der Waals surface area contributed by atoms with Gasteiger partial charge >= 0.3 is 6.09 Å². The van der Waals surface area contributed by atoms with Crippen LogP contribution in [0.15, 0.2) is 12.3 Å². The molecule has 2 aliphatic rings. The summed E-state index contributed by atoms with van der Waals surface area (Å²) in [5.74, 6) is 1.55. The number of rotatable bonds is 4. The van der Waals surface area contributed by atoms with E-state index in [4.69, 9.17) is 15.2 Å². The molecule has 1 fully saturated rings. The molecule has 0 saturated carbocycles. The number of carbonyl (C=O) groups is 2. The number of imidazole rings is 1. The molecule has 1 saturated heterocycles. The molecule has 2 N–H and O–H groups in total. The maximum Gasteiger partial charge on any atom is 0.415 e. The number of fused-ring (bicyclic) bond motifs is 3. The molecule has 0 radical (unpaired) electrons. The van der Waals surface area contributed by atoms with E-state index in [9.17, 15) is 9.59 Å². The quantitative estimate of drug-likeness (QED) is 0.880. The van der Waals surface area contributed by atoms with Crippen molar-refractivity contribution in [1.82, 2.24) is 9.55 Å². The molecule has 26 heavy (non-hydrogen) atoms. The summed E-state index contributed by atoms with van der Waals surface area (Å²) in [5.41, 5.74) is 5.38. The number of hydrogen-bond donors (Lipinski definition) is 1. The molecule has 4 heterocycles. The van der Waals surface area contributed by atoms with Crippen molar-refractivity contribution in [3.05, 3.63) is 17.1 Å². The molecular formula is C17H20N4O4S. The molecule has 2 aromatic rings. The molecule has 138 valence electrons. The Balaban J connectivity index is 1.69. The lowest BCUT2D eigenvalue weighted by molar-refractivity contribution is -0.121. The van der Waals surface area contributed by atoms with Gasteiger partial charge in [-0.2, -0.15) is 0 Å². The minimum absolute atomic E-state index is 0.0485. The fraction of sp³-hybridized carbons (Fsp3) is 0.471. The number of nitrogens with zero attached hydrogens (tertiary/aromatic N) is 3. The van der Waals surface area contributed by atoms with Gasteiger partial charge in [-0.3, -0.25) is 9.69 Å². The van der Waals surface area contributed by atoms with Gasteiger partial charge in [0.2, 0.25) is 5.91 Å². The highest BCUT2D eigenvalue weighted by Crippen LogP contribution is 2.41. The van der Waals surface area contributed by atoms with E-state index in [-0.39, 0.29) is 24.0 Å². The highest BCUT2D eigenvalue weighted by molar-refractivity contribution is 7.15. The summed E-state index contributed by atoms with van der Waals surface area (Å²) >= 11 is 1.54. The highest BCUT2D eigenvalue weighted by Gasteiger charge is 2.34. The number of hydrogen-bond acceptors (Lipinski definition) is 6. The number of nitrogens with two attached hydrogens (primary N) is 1. The van der Waals surface area contributed by atoms with E-state index >= 15 is 0 Å². The molecular weight excluding hydrogens is 356 g/mol. The van der Waals surface area contributed by atoms with Crippen LogP contribution in [0.4, 0.5) is 10.6 Å². The van der Waals surface area contributed by atoms with Crippen molar-refractivity contribution >= 4 is 29.2 Å². The van der Waals surface area contributed by atoms with Gasteiger partial charge in [0.05, 0.1) is 12.6 Å². The third-order valence-electron chi connectivity index (χ3n) is 4.63. The van der Waals surface area contributed by atoms with Crippen molar-refractivity contribution in [2.45, 2.75) is 32.9 Å². The van der Waals surface area contributed by atoms with E-state index in [1.807, 2.05) is 30.7 Å². The van der Waals surface area contributed by atoms with Gasteiger partial charge < -0.3 is 19.8 Å². The van der Waals surface area contributed by atoms with E-state index in [2.05, 4.69) is 4.98 Å². The third-order valence-corrected chi connectivity index (χ3v) is 5.77. The van der Waals surface area contributed by atoms with Crippen LogP contribution in [-0.4, -0.2) is 40.8 Å². The standard InChI is InChI=1S/C17H20N4O4S/c1-9(15(18)22)5-11-6-12-14(26-11)16-19-13(7-20(16)3-4-24-12)21-10(2)8-25-17(21)23/h6-7,9-10H,3-5,8H2,1-2H3,(H2,18,22)/t9-,10-/m1/s1. The van der Waals surface area contributed by atoms with Gasteiger partial charge in [0.25, 0.3) is 0 Å².